The number of rotatable bonds is 5. The van der Waals surface area contributed by atoms with Gasteiger partial charge in [-0.1, -0.05) is 67.9 Å². The largest absolute Gasteiger partial charge is 0.387 e. The van der Waals surface area contributed by atoms with E-state index >= 15 is 0 Å². The molecule has 1 N–H and O–H groups in total. The number of aliphatic hydroxyl groups is 1. The van der Waals surface area contributed by atoms with Crippen LogP contribution in [0.2, 0.25) is 0 Å². The average molecular weight is 266 g/mol. The van der Waals surface area contributed by atoms with Crippen molar-refractivity contribution in [1.82, 2.24) is 0 Å². The minimum absolute atomic E-state index is 0.0481. The average Bonchev–Trinajstić information content (AvgIpc) is 3.30. The van der Waals surface area contributed by atoms with Crippen LogP contribution in [0.4, 0.5) is 0 Å². The number of hydrogen-bond acceptors (Lipinski definition) is 1. The standard InChI is InChI=1S/C19H22O/c1-2-6-15-9-11-16(12-10-15)18(20)19(13-14-19)17-7-4-3-5-8-17/h3-5,7-12,18,20H,2,6,13-14H2,1H3. The molecule has 0 bridgehead atoms. The molecule has 1 aliphatic rings. The number of benzene rings is 2. The van der Waals surface area contributed by atoms with Crippen LogP contribution in [-0.4, -0.2) is 5.11 Å². The van der Waals surface area contributed by atoms with E-state index < -0.39 is 0 Å². The van der Waals surface area contributed by atoms with Crippen LogP contribution in [0.3, 0.4) is 0 Å². The molecule has 20 heavy (non-hydrogen) atoms. The molecule has 0 spiro atoms. The molecule has 2 aromatic carbocycles. The second-order valence-electron chi connectivity index (χ2n) is 5.92. The molecular formula is C19H22O. The Kier molecular flexibility index (Phi) is 3.62. The first-order chi connectivity index (χ1) is 9.76. The van der Waals surface area contributed by atoms with Crippen molar-refractivity contribution in [2.75, 3.05) is 0 Å². The van der Waals surface area contributed by atoms with Gasteiger partial charge in [0, 0.05) is 5.41 Å². The molecule has 104 valence electrons. The summed E-state index contributed by atoms with van der Waals surface area (Å²) in [5.74, 6) is 0. The van der Waals surface area contributed by atoms with Crippen molar-refractivity contribution in [3.63, 3.8) is 0 Å². The fraction of sp³-hybridized carbons (Fsp3) is 0.368. The van der Waals surface area contributed by atoms with Crippen LogP contribution in [0.1, 0.15) is 49.0 Å². The van der Waals surface area contributed by atoms with E-state index in [4.69, 9.17) is 0 Å². The summed E-state index contributed by atoms with van der Waals surface area (Å²) in [6, 6.07) is 18.9. The zero-order valence-electron chi connectivity index (χ0n) is 12.0. The highest BCUT2D eigenvalue weighted by molar-refractivity contribution is 5.37. The van der Waals surface area contributed by atoms with Crippen molar-refractivity contribution in [3.05, 3.63) is 71.3 Å². The van der Waals surface area contributed by atoms with Gasteiger partial charge in [0.15, 0.2) is 0 Å². The SMILES string of the molecule is CCCc1ccc(C(O)C2(c3ccccc3)CC2)cc1. The zero-order valence-corrected chi connectivity index (χ0v) is 12.0. The molecule has 1 fully saturated rings. The van der Waals surface area contributed by atoms with Crippen molar-refractivity contribution in [2.24, 2.45) is 0 Å². The van der Waals surface area contributed by atoms with Gasteiger partial charge in [0.1, 0.15) is 0 Å². The maximum atomic E-state index is 10.8. The first-order valence-corrected chi connectivity index (χ1v) is 7.59. The van der Waals surface area contributed by atoms with Gasteiger partial charge in [0.05, 0.1) is 6.10 Å². The van der Waals surface area contributed by atoms with Crippen molar-refractivity contribution >= 4 is 0 Å². The molecule has 1 saturated carbocycles. The second-order valence-corrected chi connectivity index (χ2v) is 5.92. The maximum Gasteiger partial charge on any atom is 0.0886 e. The Balaban J connectivity index is 1.83. The van der Waals surface area contributed by atoms with E-state index in [2.05, 4.69) is 55.5 Å². The summed E-state index contributed by atoms with van der Waals surface area (Å²) in [5, 5.41) is 10.8. The van der Waals surface area contributed by atoms with E-state index in [1.54, 1.807) is 0 Å². The van der Waals surface area contributed by atoms with Gasteiger partial charge in [0.2, 0.25) is 0 Å². The third kappa shape index (κ3) is 2.38. The Morgan fingerprint density at radius 2 is 1.65 bits per heavy atom. The van der Waals surface area contributed by atoms with Gasteiger partial charge < -0.3 is 5.11 Å². The Bertz CT molecular complexity index is 552. The number of hydrogen-bond donors (Lipinski definition) is 1. The molecule has 0 aliphatic heterocycles. The van der Waals surface area contributed by atoms with E-state index in [-0.39, 0.29) is 11.5 Å². The fourth-order valence-corrected chi connectivity index (χ4v) is 3.10. The number of aliphatic hydroxyl groups excluding tert-OH is 1. The highest BCUT2D eigenvalue weighted by Crippen LogP contribution is 2.56. The highest BCUT2D eigenvalue weighted by Gasteiger charge is 2.50. The molecule has 0 aromatic heterocycles. The lowest BCUT2D eigenvalue weighted by molar-refractivity contribution is 0.133. The molecule has 1 heteroatoms. The van der Waals surface area contributed by atoms with E-state index in [0.29, 0.717) is 0 Å². The van der Waals surface area contributed by atoms with E-state index in [9.17, 15) is 5.11 Å². The van der Waals surface area contributed by atoms with Gasteiger partial charge in [-0.2, -0.15) is 0 Å². The summed E-state index contributed by atoms with van der Waals surface area (Å²) < 4.78 is 0. The number of aryl methyl sites for hydroxylation is 1. The van der Waals surface area contributed by atoms with Crippen LogP contribution < -0.4 is 0 Å². The van der Waals surface area contributed by atoms with Crippen LogP contribution in [0, 0.1) is 0 Å². The van der Waals surface area contributed by atoms with Crippen LogP contribution in [0.15, 0.2) is 54.6 Å². The summed E-state index contributed by atoms with van der Waals surface area (Å²) >= 11 is 0. The minimum atomic E-state index is -0.388. The van der Waals surface area contributed by atoms with Crippen molar-refractivity contribution < 1.29 is 5.11 Å². The summed E-state index contributed by atoms with van der Waals surface area (Å²) in [4.78, 5) is 0. The lowest BCUT2D eigenvalue weighted by Crippen LogP contribution is -2.18. The summed E-state index contributed by atoms with van der Waals surface area (Å²) in [6.07, 6.45) is 4.04. The Hall–Kier alpha value is -1.60. The van der Waals surface area contributed by atoms with E-state index in [1.165, 1.54) is 11.1 Å². The molecule has 0 radical (unpaired) electrons. The molecule has 0 heterocycles. The predicted molar refractivity (Wildman–Crippen MR) is 82.8 cm³/mol. The quantitative estimate of drug-likeness (QED) is 0.850. The first-order valence-electron chi connectivity index (χ1n) is 7.59. The van der Waals surface area contributed by atoms with Crippen molar-refractivity contribution in [1.29, 1.82) is 0 Å². The summed E-state index contributed by atoms with van der Waals surface area (Å²) in [6.45, 7) is 2.19. The maximum absolute atomic E-state index is 10.8. The first kappa shape index (κ1) is 13.4. The van der Waals surface area contributed by atoms with Crippen molar-refractivity contribution in [3.8, 4) is 0 Å². The summed E-state index contributed by atoms with van der Waals surface area (Å²) in [5.41, 5.74) is 3.62. The molecule has 1 nitrogen and oxygen atoms in total. The molecule has 3 rings (SSSR count). The van der Waals surface area contributed by atoms with E-state index in [0.717, 1.165) is 31.2 Å². The molecular weight excluding hydrogens is 244 g/mol. The zero-order chi connectivity index (χ0) is 14.0. The molecule has 1 aliphatic carbocycles. The van der Waals surface area contributed by atoms with E-state index in [1.807, 2.05) is 6.07 Å². The molecule has 2 aromatic rings. The van der Waals surface area contributed by atoms with Crippen LogP contribution in [0.25, 0.3) is 0 Å². The van der Waals surface area contributed by atoms with Gasteiger partial charge >= 0.3 is 0 Å². The smallest absolute Gasteiger partial charge is 0.0886 e. The van der Waals surface area contributed by atoms with Gasteiger partial charge in [-0.25, -0.2) is 0 Å². The van der Waals surface area contributed by atoms with Crippen LogP contribution in [-0.2, 0) is 11.8 Å². The molecule has 0 saturated heterocycles. The predicted octanol–water partition coefficient (Wildman–Crippen LogP) is 4.40. The fourth-order valence-electron chi connectivity index (χ4n) is 3.10. The van der Waals surface area contributed by atoms with Gasteiger partial charge in [-0.3, -0.25) is 0 Å². The third-order valence-electron chi connectivity index (χ3n) is 4.49. The third-order valence-corrected chi connectivity index (χ3v) is 4.49. The highest BCUT2D eigenvalue weighted by atomic mass is 16.3. The lowest BCUT2D eigenvalue weighted by atomic mass is 9.86. The summed E-state index contributed by atoms with van der Waals surface area (Å²) in [7, 11) is 0. The molecule has 1 atom stereocenters. The lowest BCUT2D eigenvalue weighted by Gasteiger charge is -2.23. The minimum Gasteiger partial charge on any atom is -0.387 e. The topological polar surface area (TPSA) is 20.2 Å². The Morgan fingerprint density at radius 3 is 2.20 bits per heavy atom. The molecule has 1 unspecified atom stereocenters. The second kappa shape index (κ2) is 5.41. The Labute approximate surface area is 121 Å². The normalized spacial score (nSPS) is 17.7. The van der Waals surface area contributed by atoms with Crippen LogP contribution in [0.5, 0.6) is 0 Å². The van der Waals surface area contributed by atoms with Gasteiger partial charge in [-0.05, 0) is 36.0 Å². The van der Waals surface area contributed by atoms with Gasteiger partial charge in [-0.15, -0.1) is 0 Å². The molecule has 0 amide bonds. The Morgan fingerprint density at radius 1 is 1.00 bits per heavy atom. The van der Waals surface area contributed by atoms with Gasteiger partial charge in [0.25, 0.3) is 0 Å². The van der Waals surface area contributed by atoms with Crippen molar-refractivity contribution in [2.45, 2.75) is 44.1 Å². The van der Waals surface area contributed by atoms with Crippen LogP contribution >= 0.6 is 0 Å². The monoisotopic (exact) mass is 266 g/mol.